The molecule has 17 heavy (non-hydrogen) atoms. The highest BCUT2D eigenvalue weighted by Crippen LogP contribution is 2.38. The Morgan fingerprint density at radius 3 is 2.82 bits per heavy atom. The second kappa shape index (κ2) is 5.47. The van der Waals surface area contributed by atoms with Gasteiger partial charge in [-0.2, -0.15) is 11.8 Å². The van der Waals surface area contributed by atoms with Gasteiger partial charge in [-0.05, 0) is 19.3 Å². The number of nitrogens with two attached hydrogens (primary N) is 1. The van der Waals surface area contributed by atoms with E-state index in [-0.39, 0.29) is 5.54 Å². The van der Waals surface area contributed by atoms with Crippen LogP contribution in [0.15, 0.2) is 0 Å². The van der Waals surface area contributed by atoms with Gasteiger partial charge in [-0.15, -0.1) is 0 Å². The monoisotopic (exact) mass is 258 g/mol. The molecule has 0 radical (unpaired) electrons. The fourth-order valence-corrected chi connectivity index (χ4v) is 4.42. The lowest BCUT2D eigenvalue weighted by molar-refractivity contribution is -0.0786. The molecule has 0 amide bonds. The predicted molar refractivity (Wildman–Crippen MR) is 74.5 cm³/mol. The van der Waals surface area contributed by atoms with E-state index < -0.39 is 0 Å². The molecule has 2 heterocycles. The fraction of sp³-hybridized carbons (Fsp3) is 1.00. The van der Waals surface area contributed by atoms with Gasteiger partial charge >= 0.3 is 0 Å². The Morgan fingerprint density at radius 2 is 2.18 bits per heavy atom. The van der Waals surface area contributed by atoms with Crippen molar-refractivity contribution in [1.29, 1.82) is 0 Å². The molecule has 2 saturated heterocycles. The van der Waals surface area contributed by atoms with Gasteiger partial charge in [0.1, 0.15) is 0 Å². The van der Waals surface area contributed by atoms with Gasteiger partial charge in [0.25, 0.3) is 0 Å². The Hall–Kier alpha value is 0.230. The number of rotatable bonds is 2. The maximum Gasteiger partial charge on any atom is 0.0509 e. The molecule has 4 unspecified atom stereocenters. The average molecular weight is 258 g/mol. The van der Waals surface area contributed by atoms with Gasteiger partial charge in [-0.3, -0.25) is 4.90 Å². The Balaban J connectivity index is 2.20. The van der Waals surface area contributed by atoms with Crippen LogP contribution in [0.3, 0.4) is 0 Å². The summed E-state index contributed by atoms with van der Waals surface area (Å²) in [6, 6.07) is 0.623. The number of hydrogen-bond acceptors (Lipinski definition) is 4. The summed E-state index contributed by atoms with van der Waals surface area (Å²) in [5.41, 5.74) is 6.34. The molecule has 2 N–H and O–H groups in total. The summed E-state index contributed by atoms with van der Waals surface area (Å²) in [5.74, 6) is 1.78. The van der Waals surface area contributed by atoms with Gasteiger partial charge in [0.05, 0.1) is 6.61 Å². The lowest BCUT2D eigenvalue weighted by atomic mass is 9.78. The third-order valence-corrected chi connectivity index (χ3v) is 6.11. The third-order valence-electron chi connectivity index (χ3n) is 4.77. The summed E-state index contributed by atoms with van der Waals surface area (Å²) in [7, 11) is 0. The first kappa shape index (κ1) is 13.7. The molecule has 2 aliphatic rings. The SMILES string of the molecule is CC1SCCN(C2(CN)CCOCC2C)C1C. The van der Waals surface area contributed by atoms with Crippen molar-refractivity contribution in [3.63, 3.8) is 0 Å². The van der Waals surface area contributed by atoms with Crippen LogP contribution in [0.25, 0.3) is 0 Å². The first-order valence-corrected chi connectivity index (χ1v) is 7.83. The lowest BCUT2D eigenvalue weighted by Gasteiger charge is -2.54. The van der Waals surface area contributed by atoms with Gasteiger partial charge < -0.3 is 10.5 Å². The Kier molecular flexibility index (Phi) is 4.40. The minimum absolute atomic E-state index is 0.174. The number of nitrogens with zero attached hydrogens (tertiary/aromatic N) is 1. The molecule has 100 valence electrons. The van der Waals surface area contributed by atoms with Crippen molar-refractivity contribution in [2.45, 2.75) is 44.0 Å². The van der Waals surface area contributed by atoms with Crippen LogP contribution in [0.4, 0.5) is 0 Å². The number of ether oxygens (including phenoxy) is 1. The fourth-order valence-electron chi connectivity index (χ4n) is 3.32. The van der Waals surface area contributed by atoms with Crippen LogP contribution in [-0.2, 0) is 4.74 Å². The van der Waals surface area contributed by atoms with E-state index in [9.17, 15) is 0 Å². The van der Waals surface area contributed by atoms with Crippen LogP contribution >= 0.6 is 11.8 Å². The van der Waals surface area contributed by atoms with E-state index in [1.165, 1.54) is 12.3 Å². The van der Waals surface area contributed by atoms with E-state index in [4.69, 9.17) is 10.5 Å². The van der Waals surface area contributed by atoms with Crippen molar-refractivity contribution in [2.75, 3.05) is 32.1 Å². The topological polar surface area (TPSA) is 38.5 Å². The standard InChI is InChI=1S/C13H26N2OS/c1-10-8-16-6-4-13(10,9-14)15-5-7-17-12(3)11(15)2/h10-12H,4-9,14H2,1-3H3. The number of hydrogen-bond donors (Lipinski definition) is 1. The van der Waals surface area contributed by atoms with Crippen molar-refractivity contribution in [2.24, 2.45) is 11.7 Å². The van der Waals surface area contributed by atoms with Crippen molar-refractivity contribution in [3.05, 3.63) is 0 Å². The molecule has 2 fully saturated rings. The molecule has 0 bridgehead atoms. The molecule has 0 saturated carbocycles. The molecular weight excluding hydrogens is 232 g/mol. The summed E-state index contributed by atoms with van der Waals surface area (Å²) < 4.78 is 5.60. The maximum atomic E-state index is 6.16. The zero-order valence-electron chi connectivity index (χ0n) is 11.3. The molecule has 0 aromatic rings. The molecule has 2 aliphatic heterocycles. The highest BCUT2D eigenvalue weighted by molar-refractivity contribution is 8.00. The molecule has 0 aromatic heterocycles. The van der Waals surface area contributed by atoms with Crippen LogP contribution in [0.2, 0.25) is 0 Å². The van der Waals surface area contributed by atoms with Crippen LogP contribution in [0, 0.1) is 5.92 Å². The quantitative estimate of drug-likeness (QED) is 0.816. The highest BCUT2D eigenvalue weighted by atomic mass is 32.2. The van der Waals surface area contributed by atoms with E-state index >= 15 is 0 Å². The summed E-state index contributed by atoms with van der Waals surface area (Å²) in [4.78, 5) is 2.68. The first-order chi connectivity index (χ1) is 8.12. The summed E-state index contributed by atoms with van der Waals surface area (Å²) in [5, 5.41) is 0.710. The lowest BCUT2D eigenvalue weighted by Crippen LogP contribution is -2.66. The van der Waals surface area contributed by atoms with E-state index in [1.54, 1.807) is 0 Å². The van der Waals surface area contributed by atoms with Crippen molar-refractivity contribution in [1.82, 2.24) is 4.90 Å². The molecule has 0 aromatic carbocycles. The predicted octanol–water partition coefficient (Wildman–Crippen LogP) is 1.57. The zero-order chi connectivity index (χ0) is 12.5. The minimum Gasteiger partial charge on any atom is -0.381 e. The largest absolute Gasteiger partial charge is 0.381 e. The smallest absolute Gasteiger partial charge is 0.0509 e. The van der Waals surface area contributed by atoms with E-state index in [0.717, 1.165) is 26.2 Å². The van der Waals surface area contributed by atoms with Gasteiger partial charge in [0.2, 0.25) is 0 Å². The second-order valence-corrected chi connectivity index (χ2v) is 7.03. The van der Waals surface area contributed by atoms with Crippen LogP contribution in [0.1, 0.15) is 27.2 Å². The van der Waals surface area contributed by atoms with Crippen molar-refractivity contribution in [3.8, 4) is 0 Å². The second-order valence-electron chi connectivity index (χ2n) is 5.54. The van der Waals surface area contributed by atoms with Crippen molar-refractivity contribution < 1.29 is 4.74 Å². The number of thioether (sulfide) groups is 1. The van der Waals surface area contributed by atoms with E-state index in [2.05, 4.69) is 37.4 Å². The van der Waals surface area contributed by atoms with Gasteiger partial charge in [-0.25, -0.2) is 0 Å². The zero-order valence-corrected chi connectivity index (χ0v) is 12.1. The van der Waals surface area contributed by atoms with Crippen LogP contribution in [-0.4, -0.2) is 53.8 Å². The third kappa shape index (κ3) is 2.37. The normalized spacial score (nSPS) is 44.8. The van der Waals surface area contributed by atoms with Crippen LogP contribution < -0.4 is 5.73 Å². The Bertz CT molecular complexity index is 264. The Labute approximate surface area is 109 Å². The minimum atomic E-state index is 0.174. The highest BCUT2D eigenvalue weighted by Gasteiger charge is 2.46. The van der Waals surface area contributed by atoms with Crippen LogP contribution in [0.5, 0.6) is 0 Å². The van der Waals surface area contributed by atoms with Crippen molar-refractivity contribution >= 4 is 11.8 Å². The van der Waals surface area contributed by atoms with Gasteiger partial charge in [-0.1, -0.05) is 13.8 Å². The summed E-state index contributed by atoms with van der Waals surface area (Å²) >= 11 is 2.09. The van der Waals surface area contributed by atoms with E-state index in [1.807, 2.05) is 0 Å². The first-order valence-electron chi connectivity index (χ1n) is 6.78. The maximum absolute atomic E-state index is 6.16. The molecular formula is C13H26N2OS. The molecule has 4 atom stereocenters. The summed E-state index contributed by atoms with van der Waals surface area (Å²) in [6.45, 7) is 10.7. The molecule has 2 rings (SSSR count). The van der Waals surface area contributed by atoms with Gasteiger partial charge in [0.15, 0.2) is 0 Å². The molecule has 4 heteroatoms. The molecule has 0 spiro atoms. The Morgan fingerprint density at radius 1 is 1.41 bits per heavy atom. The van der Waals surface area contributed by atoms with E-state index in [0.29, 0.717) is 17.2 Å². The average Bonchev–Trinajstić information content (AvgIpc) is 2.34. The molecule has 3 nitrogen and oxygen atoms in total. The van der Waals surface area contributed by atoms with Gasteiger partial charge in [0, 0.05) is 42.3 Å². The molecule has 0 aliphatic carbocycles. The summed E-state index contributed by atoms with van der Waals surface area (Å²) in [6.07, 6.45) is 1.09.